The van der Waals surface area contributed by atoms with Gasteiger partial charge in [-0.25, -0.2) is 0 Å². The number of nitrogens with two attached hydrogens (primary N) is 1. The lowest BCUT2D eigenvalue weighted by Crippen LogP contribution is -2.46. The van der Waals surface area contributed by atoms with Crippen LogP contribution in [-0.4, -0.2) is 24.9 Å². The van der Waals surface area contributed by atoms with Crippen molar-refractivity contribution in [3.63, 3.8) is 0 Å². The molecule has 1 aromatic rings. The lowest BCUT2D eigenvalue weighted by molar-refractivity contribution is -0.125. The second kappa shape index (κ2) is 5.40. The lowest BCUT2D eigenvalue weighted by atomic mass is 9.82. The number of amides is 2. The van der Waals surface area contributed by atoms with Crippen molar-refractivity contribution in [3.05, 3.63) is 29.8 Å². The summed E-state index contributed by atoms with van der Waals surface area (Å²) < 4.78 is 0. The van der Waals surface area contributed by atoms with Gasteiger partial charge in [0.25, 0.3) is 0 Å². The summed E-state index contributed by atoms with van der Waals surface area (Å²) in [6, 6.07) is 6.68. The van der Waals surface area contributed by atoms with Gasteiger partial charge in [-0.15, -0.1) is 0 Å². The molecule has 1 fully saturated rings. The molecule has 4 N–H and O–H groups in total. The number of benzene rings is 1. The highest BCUT2D eigenvalue weighted by molar-refractivity contribution is 5.98. The Bertz CT molecular complexity index is 493. The first kappa shape index (κ1) is 13.5. The average molecular weight is 261 g/mol. The quantitative estimate of drug-likeness (QED) is 0.762. The number of rotatable bonds is 3. The van der Waals surface area contributed by atoms with Gasteiger partial charge >= 0.3 is 0 Å². The Labute approximate surface area is 112 Å². The summed E-state index contributed by atoms with van der Waals surface area (Å²) >= 11 is 0. The summed E-state index contributed by atoms with van der Waals surface area (Å²) in [6.45, 7) is 3.58. The van der Waals surface area contributed by atoms with Gasteiger partial charge in [0.15, 0.2) is 0 Å². The molecule has 19 heavy (non-hydrogen) atoms. The van der Waals surface area contributed by atoms with Crippen LogP contribution in [0.15, 0.2) is 24.3 Å². The molecule has 1 atom stereocenters. The Morgan fingerprint density at radius 1 is 1.42 bits per heavy atom. The highest BCUT2D eigenvalue weighted by atomic mass is 16.2. The smallest absolute Gasteiger partial charge is 0.248 e. The van der Waals surface area contributed by atoms with Gasteiger partial charge in [-0.1, -0.05) is 6.07 Å². The number of anilines is 1. The van der Waals surface area contributed by atoms with Crippen molar-refractivity contribution in [1.29, 1.82) is 0 Å². The number of primary amides is 1. The third-order valence-electron chi connectivity index (χ3n) is 3.55. The van der Waals surface area contributed by atoms with Gasteiger partial charge in [-0.3, -0.25) is 9.59 Å². The van der Waals surface area contributed by atoms with Crippen molar-refractivity contribution in [2.45, 2.75) is 19.8 Å². The molecule has 0 spiro atoms. The molecule has 1 heterocycles. The Morgan fingerprint density at radius 3 is 2.84 bits per heavy atom. The summed E-state index contributed by atoms with van der Waals surface area (Å²) in [4.78, 5) is 23.4. The van der Waals surface area contributed by atoms with Crippen LogP contribution in [0.1, 0.15) is 30.1 Å². The van der Waals surface area contributed by atoms with Crippen molar-refractivity contribution in [2.75, 3.05) is 18.4 Å². The monoisotopic (exact) mass is 261 g/mol. The molecule has 0 aromatic heterocycles. The van der Waals surface area contributed by atoms with E-state index in [1.807, 2.05) is 6.92 Å². The van der Waals surface area contributed by atoms with Gasteiger partial charge < -0.3 is 16.4 Å². The van der Waals surface area contributed by atoms with Crippen molar-refractivity contribution in [2.24, 2.45) is 11.1 Å². The molecule has 1 aliphatic heterocycles. The number of nitrogens with one attached hydrogen (secondary N) is 2. The fraction of sp³-hybridized carbons (Fsp3) is 0.429. The molecule has 2 amide bonds. The van der Waals surface area contributed by atoms with Crippen LogP contribution < -0.4 is 16.4 Å². The minimum Gasteiger partial charge on any atom is -0.366 e. The zero-order valence-electron chi connectivity index (χ0n) is 11.0. The summed E-state index contributed by atoms with van der Waals surface area (Å²) in [6.07, 6.45) is 1.85. The Kier molecular flexibility index (Phi) is 3.85. The molecule has 0 saturated carbocycles. The van der Waals surface area contributed by atoms with E-state index in [-0.39, 0.29) is 5.91 Å². The van der Waals surface area contributed by atoms with E-state index in [2.05, 4.69) is 10.6 Å². The van der Waals surface area contributed by atoms with Gasteiger partial charge in [0, 0.05) is 17.8 Å². The van der Waals surface area contributed by atoms with Crippen LogP contribution in [0.5, 0.6) is 0 Å². The highest BCUT2D eigenvalue weighted by Crippen LogP contribution is 2.27. The Hall–Kier alpha value is -1.88. The fourth-order valence-corrected chi connectivity index (χ4v) is 2.28. The molecule has 1 unspecified atom stereocenters. The summed E-state index contributed by atoms with van der Waals surface area (Å²) in [5.74, 6) is -0.525. The van der Waals surface area contributed by atoms with Gasteiger partial charge in [-0.2, -0.15) is 0 Å². The van der Waals surface area contributed by atoms with E-state index < -0.39 is 11.3 Å². The first-order valence-corrected chi connectivity index (χ1v) is 6.43. The van der Waals surface area contributed by atoms with E-state index in [4.69, 9.17) is 5.73 Å². The molecule has 0 bridgehead atoms. The van der Waals surface area contributed by atoms with Crippen LogP contribution in [0.3, 0.4) is 0 Å². The molecule has 1 aliphatic rings. The maximum absolute atomic E-state index is 12.3. The van der Waals surface area contributed by atoms with E-state index >= 15 is 0 Å². The van der Waals surface area contributed by atoms with Crippen LogP contribution >= 0.6 is 0 Å². The second-order valence-corrected chi connectivity index (χ2v) is 5.24. The molecule has 5 nitrogen and oxygen atoms in total. The molecular formula is C14H19N3O2. The van der Waals surface area contributed by atoms with Crippen molar-refractivity contribution in [3.8, 4) is 0 Å². The van der Waals surface area contributed by atoms with E-state index in [0.29, 0.717) is 17.8 Å². The third-order valence-corrected chi connectivity index (χ3v) is 3.55. The van der Waals surface area contributed by atoms with Gasteiger partial charge in [0.05, 0.1) is 5.41 Å². The third kappa shape index (κ3) is 3.12. The molecule has 1 saturated heterocycles. The molecule has 1 aromatic carbocycles. The largest absolute Gasteiger partial charge is 0.366 e. The SMILES string of the molecule is CC1(C(=O)Nc2cccc(C(N)=O)c2)CCCNC1. The first-order valence-electron chi connectivity index (χ1n) is 6.43. The van der Waals surface area contributed by atoms with E-state index in [1.165, 1.54) is 0 Å². The summed E-state index contributed by atoms with van der Waals surface area (Å²) in [7, 11) is 0. The van der Waals surface area contributed by atoms with E-state index in [9.17, 15) is 9.59 Å². The van der Waals surface area contributed by atoms with Crippen LogP contribution in [0.2, 0.25) is 0 Å². The van der Waals surface area contributed by atoms with Crippen LogP contribution in [-0.2, 0) is 4.79 Å². The normalized spacial score (nSPS) is 22.8. The van der Waals surface area contributed by atoms with E-state index in [1.54, 1.807) is 24.3 Å². The predicted molar refractivity (Wildman–Crippen MR) is 73.8 cm³/mol. The minimum atomic E-state index is -0.498. The van der Waals surface area contributed by atoms with Gasteiger partial charge in [-0.05, 0) is 44.5 Å². The zero-order valence-corrected chi connectivity index (χ0v) is 11.0. The average Bonchev–Trinajstić information content (AvgIpc) is 2.40. The maximum atomic E-state index is 12.3. The highest BCUT2D eigenvalue weighted by Gasteiger charge is 2.34. The molecule has 102 valence electrons. The molecule has 5 heteroatoms. The number of carbonyl (C=O) groups is 2. The summed E-state index contributed by atoms with van der Waals surface area (Å²) in [5, 5.41) is 6.10. The van der Waals surface area contributed by atoms with E-state index in [0.717, 1.165) is 19.4 Å². The standard InChI is InChI=1S/C14H19N3O2/c1-14(6-3-7-16-9-14)13(19)17-11-5-2-4-10(8-11)12(15)18/h2,4-5,8,16H,3,6-7,9H2,1H3,(H2,15,18)(H,17,19). The summed E-state index contributed by atoms with van der Waals surface area (Å²) in [5.41, 5.74) is 5.82. The maximum Gasteiger partial charge on any atom is 0.248 e. The topological polar surface area (TPSA) is 84.2 Å². The van der Waals surface area contributed by atoms with Crippen molar-refractivity contribution in [1.82, 2.24) is 5.32 Å². The van der Waals surface area contributed by atoms with Crippen LogP contribution in [0.25, 0.3) is 0 Å². The number of hydrogen-bond acceptors (Lipinski definition) is 3. The lowest BCUT2D eigenvalue weighted by Gasteiger charge is -2.32. The van der Waals surface area contributed by atoms with Crippen molar-refractivity contribution >= 4 is 17.5 Å². The fourth-order valence-electron chi connectivity index (χ4n) is 2.28. The molecular weight excluding hydrogens is 242 g/mol. The number of carbonyl (C=O) groups excluding carboxylic acids is 2. The molecule has 0 aliphatic carbocycles. The predicted octanol–water partition coefficient (Wildman–Crippen LogP) is 1.11. The van der Waals surface area contributed by atoms with Gasteiger partial charge in [0.1, 0.15) is 0 Å². The first-order chi connectivity index (χ1) is 9.01. The minimum absolute atomic E-state index is 0.0266. The van der Waals surface area contributed by atoms with Crippen LogP contribution in [0.4, 0.5) is 5.69 Å². The molecule has 0 radical (unpaired) electrons. The second-order valence-electron chi connectivity index (χ2n) is 5.24. The number of hydrogen-bond donors (Lipinski definition) is 3. The molecule has 2 rings (SSSR count). The van der Waals surface area contributed by atoms with Gasteiger partial charge in [0.2, 0.25) is 11.8 Å². The zero-order chi connectivity index (χ0) is 13.9. The Balaban J connectivity index is 2.10. The van der Waals surface area contributed by atoms with Crippen LogP contribution in [0, 0.1) is 5.41 Å². The number of piperidine rings is 1. The Morgan fingerprint density at radius 2 is 2.21 bits per heavy atom. The van der Waals surface area contributed by atoms with Crippen molar-refractivity contribution < 1.29 is 9.59 Å².